The van der Waals surface area contributed by atoms with E-state index in [1.165, 1.54) is 5.56 Å². The summed E-state index contributed by atoms with van der Waals surface area (Å²) in [7, 11) is 0. The molecular formula is C16H20ClNO. The smallest absolute Gasteiger partial charge is 0.125 e. The Morgan fingerprint density at radius 3 is 2.26 bits per heavy atom. The van der Waals surface area contributed by atoms with Gasteiger partial charge in [0.05, 0.1) is 0 Å². The third-order valence-electron chi connectivity index (χ3n) is 2.96. The molecular weight excluding hydrogens is 258 g/mol. The maximum Gasteiger partial charge on any atom is 0.125 e. The van der Waals surface area contributed by atoms with Crippen molar-refractivity contribution in [1.82, 2.24) is 0 Å². The van der Waals surface area contributed by atoms with Crippen LogP contribution in [0.4, 0.5) is 0 Å². The van der Waals surface area contributed by atoms with Crippen LogP contribution in [0.5, 0.6) is 5.75 Å². The SMILES string of the molecule is Cc1ccccc1O[C@H](CCN)c1ccccc1.Cl. The van der Waals surface area contributed by atoms with Gasteiger partial charge in [0.2, 0.25) is 0 Å². The molecule has 0 fully saturated rings. The minimum Gasteiger partial charge on any atom is -0.485 e. The van der Waals surface area contributed by atoms with Crippen molar-refractivity contribution >= 4 is 12.4 Å². The van der Waals surface area contributed by atoms with Crippen LogP contribution >= 0.6 is 12.4 Å². The quantitative estimate of drug-likeness (QED) is 0.900. The Morgan fingerprint density at radius 2 is 1.63 bits per heavy atom. The molecule has 0 aliphatic heterocycles. The molecule has 0 spiro atoms. The fourth-order valence-corrected chi connectivity index (χ4v) is 1.95. The molecule has 0 amide bonds. The first-order chi connectivity index (χ1) is 8.81. The van der Waals surface area contributed by atoms with Crippen LogP contribution in [0.1, 0.15) is 23.7 Å². The maximum atomic E-state index is 6.09. The molecule has 2 nitrogen and oxygen atoms in total. The monoisotopic (exact) mass is 277 g/mol. The van der Waals surface area contributed by atoms with Gasteiger partial charge in [0.25, 0.3) is 0 Å². The molecule has 0 radical (unpaired) electrons. The number of para-hydroxylation sites is 1. The standard InChI is InChI=1S/C16H19NO.ClH/c1-13-7-5-6-10-15(13)18-16(11-12-17)14-8-3-2-4-9-14;/h2-10,16H,11-12,17H2,1H3;1H/t16-;/m1./s1. The van der Waals surface area contributed by atoms with Crippen LogP contribution in [0.15, 0.2) is 54.6 Å². The van der Waals surface area contributed by atoms with Gasteiger partial charge in [-0.1, -0.05) is 48.5 Å². The van der Waals surface area contributed by atoms with Gasteiger partial charge in [0.15, 0.2) is 0 Å². The number of rotatable bonds is 5. The first-order valence-electron chi connectivity index (χ1n) is 6.28. The summed E-state index contributed by atoms with van der Waals surface area (Å²) in [6.45, 7) is 2.67. The van der Waals surface area contributed by atoms with Crippen LogP contribution in [-0.2, 0) is 0 Å². The Kier molecular flexibility index (Phi) is 6.40. The molecule has 3 heteroatoms. The first kappa shape index (κ1) is 15.5. The summed E-state index contributed by atoms with van der Waals surface area (Å²) in [4.78, 5) is 0. The van der Waals surface area contributed by atoms with Crippen LogP contribution in [0.25, 0.3) is 0 Å². The summed E-state index contributed by atoms with van der Waals surface area (Å²) in [5, 5.41) is 0. The van der Waals surface area contributed by atoms with Crippen molar-refractivity contribution in [3.8, 4) is 5.75 Å². The summed E-state index contributed by atoms with van der Waals surface area (Å²) >= 11 is 0. The lowest BCUT2D eigenvalue weighted by atomic mass is 10.1. The second-order valence-electron chi connectivity index (χ2n) is 4.36. The average molecular weight is 278 g/mol. The molecule has 0 saturated carbocycles. The molecule has 0 heterocycles. The lowest BCUT2D eigenvalue weighted by Gasteiger charge is -2.20. The summed E-state index contributed by atoms with van der Waals surface area (Å²) in [6, 6.07) is 18.3. The van der Waals surface area contributed by atoms with Gasteiger partial charge >= 0.3 is 0 Å². The van der Waals surface area contributed by atoms with Crippen molar-refractivity contribution in [2.24, 2.45) is 5.73 Å². The maximum absolute atomic E-state index is 6.09. The Hall–Kier alpha value is -1.51. The number of benzene rings is 2. The molecule has 1 atom stereocenters. The highest BCUT2D eigenvalue weighted by atomic mass is 35.5. The van der Waals surface area contributed by atoms with Crippen molar-refractivity contribution < 1.29 is 4.74 Å². The van der Waals surface area contributed by atoms with Gasteiger partial charge in [-0.2, -0.15) is 0 Å². The predicted octanol–water partition coefficient (Wildman–Crippen LogP) is 3.89. The van der Waals surface area contributed by atoms with E-state index in [1.54, 1.807) is 0 Å². The third kappa shape index (κ3) is 4.27. The molecule has 0 aromatic heterocycles. The summed E-state index contributed by atoms with van der Waals surface area (Å²) in [5.41, 5.74) is 8.00. The number of ether oxygens (including phenoxy) is 1. The van der Waals surface area contributed by atoms with E-state index in [-0.39, 0.29) is 18.5 Å². The van der Waals surface area contributed by atoms with E-state index in [1.807, 2.05) is 36.4 Å². The Bertz CT molecular complexity index is 487. The van der Waals surface area contributed by atoms with E-state index in [0.29, 0.717) is 6.54 Å². The van der Waals surface area contributed by atoms with Crippen LogP contribution in [0.2, 0.25) is 0 Å². The van der Waals surface area contributed by atoms with Crippen LogP contribution in [0.3, 0.4) is 0 Å². The van der Waals surface area contributed by atoms with Gasteiger partial charge < -0.3 is 10.5 Å². The fourth-order valence-electron chi connectivity index (χ4n) is 1.95. The molecule has 0 aliphatic carbocycles. The summed E-state index contributed by atoms with van der Waals surface area (Å²) < 4.78 is 6.09. The van der Waals surface area contributed by atoms with Crippen molar-refractivity contribution in [3.63, 3.8) is 0 Å². The lowest BCUT2D eigenvalue weighted by Crippen LogP contribution is -2.13. The second-order valence-corrected chi connectivity index (χ2v) is 4.36. The zero-order valence-electron chi connectivity index (χ0n) is 11.1. The largest absolute Gasteiger partial charge is 0.485 e. The van der Waals surface area contributed by atoms with Crippen molar-refractivity contribution in [2.75, 3.05) is 6.54 Å². The number of halogens is 1. The van der Waals surface area contributed by atoms with E-state index in [0.717, 1.165) is 17.7 Å². The molecule has 0 unspecified atom stereocenters. The van der Waals surface area contributed by atoms with E-state index in [4.69, 9.17) is 10.5 Å². The van der Waals surface area contributed by atoms with Gasteiger partial charge in [-0.05, 0) is 30.7 Å². The van der Waals surface area contributed by atoms with E-state index < -0.39 is 0 Å². The molecule has 2 aromatic rings. The van der Waals surface area contributed by atoms with Gasteiger partial charge in [-0.25, -0.2) is 0 Å². The van der Waals surface area contributed by atoms with Crippen LogP contribution < -0.4 is 10.5 Å². The molecule has 2 aromatic carbocycles. The van der Waals surface area contributed by atoms with Gasteiger partial charge in [-0.15, -0.1) is 12.4 Å². The van der Waals surface area contributed by atoms with Gasteiger partial charge in [0, 0.05) is 6.42 Å². The highest BCUT2D eigenvalue weighted by Crippen LogP contribution is 2.26. The normalized spacial score (nSPS) is 11.5. The minimum absolute atomic E-state index is 0. The van der Waals surface area contributed by atoms with Gasteiger partial charge in [0.1, 0.15) is 11.9 Å². The zero-order chi connectivity index (χ0) is 12.8. The van der Waals surface area contributed by atoms with Crippen LogP contribution in [0, 0.1) is 6.92 Å². The Balaban J connectivity index is 0.00000180. The minimum atomic E-state index is 0. The topological polar surface area (TPSA) is 35.2 Å². The number of aryl methyl sites for hydroxylation is 1. The molecule has 19 heavy (non-hydrogen) atoms. The first-order valence-corrected chi connectivity index (χ1v) is 6.28. The van der Waals surface area contributed by atoms with Crippen molar-refractivity contribution in [1.29, 1.82) is 0 Å². The Morgan fingerprint density at radius 1 is 1.00 bits per heavy atom. The second kappa shape index (κ2) is 7.82. The van der Waals surface area contributed by atoms with E-state index in [2.05, 4.69) is 25.1 Å². The number of hydrogen-bond donors (Lipinski definition) is 1. The number of nitrogens with two attached hydrogens (primary N) is 1. The predicted molar refractivity (Wildman–Crippen MR) is 81.9 cm³/mol. The molecule has 0 aliphatic rings. The molecule has 0 saturated heterocycles. The third-order valence-corrected chi connectivity index (χ3v) is 2.96. The molecule has 2 rings (SSSR count). The van der Waals surface area contributed by atoms with Crippen LogP contribution in [-0.4, -0.2) is 6.54 Å². The number of hydrogen-bond acceptors (Lipinski definition) is 2. The summed E-state index contributed by atoms with van der Waals surface area (Å²) in [5.74, 6) is 0.930. The fraction of sp³-hybridized carbons (Fsp3) is 0.250. The summed E-state index contributed by atoms with van der Waals surface area (Å²) in [6.07, 6.45) is 0.843. The lowest BCUT2D eigenvalue weighted by molar-refractivity contribution is 0.196. The Labute approximate surface area is 121 Å². The zero-order valence-corrected chi connectivity index (χ0v) is 11.9. The van der Waals surface area contributed by atoms with Crippen molar-refractivity contribution in [3.05, 3.63) is 65.7 Å². The molecule has 0 bridgehead atoms. The van der Waals surface area contributed by atoms with Crippen molar-refractivity contribution in [2.45, 2.75) is 19.4 Å². The van der Waals surface area contributed by atoms with Gasteiger partial charge in [-0.3, -0.25) is 0 Å². The van der Waals surface area contributed by atoms with E-state index in [9.17, 15) is 0 Å². The highest BCUT2D eigenvalue weighted by molar-refractivity contribution is 5.85. The molecule has 2 N–H and O–H groups in total. The highest BCUT2D eigenvalue weighted by Gasteiger charge is 2.13. The van der Waals surface area contributed by atoms with E-state index >= 15 is 0 Å². The average Bonchev–Trinajstić information content (AvgIpc) is 2.42. The molecule has 102 valence electrons.